The van der Waals surface area contributed by atoms with Gasteiger partial charge in [0.2, 0.25) is 0 Å². The topological polar surface area (TPSA) is 115 Å². The summed E-state index contributed by atoms with van der Waals surface area (Å²) in [6.07, 6.45) is -1.99. The van der Waals surface area contributed by atoms with Crippen molar-refractivity contribution in [2.45, 2.75) is 57.5 Å². The van der Waals surface area contributed by atoms with Gasteiger partial charge in [0.25, 0.3) is 0 Å². The summed E-state index contributed by atoms with van der Waals surface area (Å²) in [7, 11) is 0. The van der Waals surface area contributed by atoms with Crippen molar-refractivity contribution in [3.8, 4) is 28.4 Å². The van der Waals surface area contributed by atoms with Crippen molar-refractivity contribution in [2.75, 3.05) is 19.8 Å². The number of fused-ring (bicyclic) bond motifs is 1. The Hall–Kier alpha value is -3.66. The molecule has 8 nitrogen and oxygen atoms in total. The molecule has 0 saturated carbocycles. The van der Waals surface area contributed by atoms with Gasteiger partial charge in [0, 0.05) is 24.0 Å². The lowest BCUT2D eigenvalue weighted by molar-refractivity contribution is -0.137. The number of carboxylic acids is 1. The predicted octanol–water partition coefficient (Wildman–Crippen LogP) is 4.53. The van der Waals surface area contributed by atoms with Gasteiger partial charge in [0.1, 0.15) is 30.8 Å². The Morgan fingerprint density at radius 1 is 1.05 bits per heavy atom. The van der Waals surface area contributed by atoms with E-state index in [0.717, 1.165) is 27.8 Å². The third kappa shape index (κ3) is 6.06. The number of benzene rings is 3. The molecular weight excluding hydrogens is 519 g/mol. The number of carbonyl (C=O) groups is 1. The first kappa shape index (κ1) is 27.9. The van der Waals surface area contributed by atoms with E-state index in [9.17, 15) is 15.0 Å². The molecule has 5 rings (SSSR count). The van der Waals surface area contributed by atoms with Crippen molar-refractivity contribution in [3.63, 3.8) is 0 Å². The van der Waals surface area contributed by atoms with Crippen molar-refractivity contribution in [3.05, 3.63) is 76.6 Å². The van der Waals surface area contributed by atoms with Gasteiger partial charge in [-0.3, -0.25) is 4.79 Å². The first-order valence-corrected chi connectivity index (χ1v) is 13.3. The van der Waals surface area contributed by atoms with Crippen LogP contribution in [0.4, 0.5) is 4.39 Å². The quantitative estimate of drug-likeness (QED) is 0.355. The van der Waals surface area contributed by atoms with E-state index in [-0.39, 0.29) is 44.3 Å². The highest BCUT2D eigenvalue weighted by molar-refractivity contribution is 5.73. The molecular formula is C31H33FO8. The highest BCUT2D eigenvalue weighted by Crippen LogP contribution is 2.39. The smallest absolute Gasteiger partial charge is 0.304 e. The van der Waals surface area contributed by atoms with Crippen molar-refractivity contribution < 1.29 is 43.5 Å². The molecule has 0 bridgehead atoms. The molecule has 3 aromatic rings. The maximum absolute atomic E-state index is 15.4. The summed E-state index contributed by atoms with van der Waals surface area (Å²) in [5.41, 5.74) is 4.70. The molecule has 0 spiro atoms. The van der Waals surface area contributed by atoms with E-state index in [1.165, 1.54) is 0 Å². The third-order valence-corrected chi connectivity index (χ3v) is 7.45. The van der Waals surface area contributed by atoms with E-state index in [0.29, 0.717) is 23.7 Å². The molecule has 0 aromatic heterocycles. The van der Waals surface area contributed by atoms with Crippen LogP contribution in [0, 0.1) is 19.7 Å². The Balaban J connectivity index is 1.26. The van der Waals surface area contributed by atoms with E-state index in [2.05, 4.69) is 0 Å². The van der Waals surface area contributed by atoms with Gasteiger partial charge in [0.05, 0.1) is 31.8 Å². The van der Waals surface area contributed by atoms with Crippen LogP contribution >= 0.6 is 0 Å². The number of carboxylic acid groups (broad SMARTS) is 1. The summed E-state index contributed by atoms with van der Waals surface area (Å²) in [4.78, 5) is 11.1. The average Bonchev–Trinajstić information content (AvgIpc) is 3.32. The Bertz CT molecular complexity index is 1390. The molecule has 0 radical (unpaired) electrons. The highest BCUT2D eigenvalue weighted by Gasteiger charge is 2.29. The summed E-state index contributed by atoms with van der Waals surface area (Å²) in [6.45, 7) is 4.33. The summed E-state index contributed by atoms with van der Waals surface area (Å²) in [5.74, 6) is -0.103. The number of aliphatic hydroxyl groups is 2. The summed E-state index contributed by atoms with van der Waals surface area (Å²) < 4.78 is 38.3. The van der Waals surface area contributed by atoms with Crippen LogP contribution in [-0.4, -0.2) is 59.4 Å². The molecule has 4 atom stereocenters. The van der Waals surface area contributed by atoms with Gasteiger partial charge in [-0.05, 0) is 59.9 Å². The molecule has 1 saturated heterocycles. The lowest BCUT2D eigenvalue weighted by Gasteiger charge is -2.30. The number of aliphatic hydroxyl groups excluding tert-OH is 2. The normalized spacial score (nSPS) is 21.9. The van der Waals surface area contributed by atoms with Gasteiger partial charge in [-0.15, -0.1) is 0 Å². The number of hydrogen-bond donors (Lipinski definition) is 3. The Morgan fingerprint density at radius 2 is 1.88 bits per heavy atom. The van der Waals surface area contributed by atoms with Gasteiger partial charge < -0.3 is 34.3 Å². The van der Waals surface area contributed by atoms with Gasteiger partial charge >= 0.3 is 5.97 Å². The third-order valence-electron chi connectivity index (χ3n) is 7.45. The fourth-order valence-corrected chi connectivity index (χ4v) is 5.32. The second-order valence-corrected chi connectivity index (χ2v) is 10.4. The first-order valence-electron chi connectivity index (χ1n) is 13.3. The second-order valence-electron chi connectivity index (χ2n) is 10.4. The van der Waals surface area contributed by atoms with E-state index >= 15 is 4.39 Å². The number of hydrogen-bond acceptors (Lipinski definition) is 7. The van der Waals surface area contributed by atoms with Crippen LogP contribution < -0.4 is 14.2 Å². The Morgan fingerprint density at radius 3 is 2.65 bits per heavy atom. The zero-order valence-electron chi connectivity index (χ0n) is 22.4. The van der Waals surface area contributed by atoms with Crippen LogP contribution in [0.2, 0.25) is 0 Å². The molecule has 9 heteroatoms. The lowest BCUT2D eigenvalue weighted by Crippen LogP contribution is -2.43. The van der Waals surface area contributed by atoms with Crippen LogP contribution in [-0.2, 0) is 16.1 Å². The maximum atomic E-state index is 15.4. The minimum Gasteiger partial charge on any atom is -0.492 e. The maximum Gasteiger partial charge on any atom is 0.304 e. The summed E-state index contributed by atoms with van der Waals surface area (Å²) >= 11 is 0. The van der Waals surface area contributed by atoms with E-state index < -0.39 is 30.1 Å². The first-order chi connectivity index (χ1) is 19.2. The molecule has 3 aromatic carbocycles. The molecule has 1 fully saturated rings. The predicted molar refractivity (Wildman–Crippen MR) is 144 cm³/mol. The molecule has 212 valence electrons. The lowest BCUT2D eigenvalue weighted by atomic mass is 9.94. The van der Waals surface area contributed by atoms with E-state index in [1.807, 2.05) is 43.3 Å². The van der Waals surface area contributed by atoms with Crippen LogP contribution in [0.3, 0.4) is 0 Å². The van der Waals surface area contributed by atoms with Crippen molar-refractivity contribution >= 4 is 5.97 Å². The monoisotopic (exact) mass is 552 g/mol. The molecule has 0 amide bonds. The fourth-order valence-electron chi connectivity index (χ4n) is 5.32. The fraction of sp³-hybridized carbons (Fsp3) is 0.387. The summed E-state index contributed by atoms with van der Waals surface area (Å²) in [5, 5.41) is 28.6. The number of ether oxygens (including phenoxy) is 4. The van der Waals surface area contributed by atoms with Gasteiger partial charge in [-0.25, -0.2) is 4.39 Å². The van der Waals surface area contributed by atoms with Gasteiger partial charge in [-0.2, -0.15) is 0 Å². The van der Waals surface area contributed by atoms with Gasteiger partial charge in [-0.1, -0.05) is 24.3 Å². The number of aliphatic carboxylic acids is 1. The zero-order chi connectivity index (χ0) is 28.4. The zero-order valence-corrected chi connectivity index (χ0v) is 22.4. The van der Waals surface area contributed by atoms with Crippen LogP contribution in [0.15, 0.2) is 48.5 Å². The molecule has 40 heavy (non-hydrogen) atoms. The summed E-state index contributed by atoms with van der Waals surface area (Å²) in [6, 6.07) is 14.8. The molecule has 2 aliphatic heterocycles. The molecule has 0 aliphatic carbocycles. The van der Waals surface area contributed by atoms with Crippen LogP contribution in [0.5, 0.6) is 17.2 Å². The van der Waals surface area contributed by atoms with Crippen LogP contribution in [0.25, 0.3) is 11.1 Å². The van der Waals surface area contributed by atoms with Crippen molar-refractivity contribution in [2.24, 2.45) is 0 Å². The molecule has 2 aliphatic rings. The largest absolute Gasteiger partial charge is 0.492 e. The Labute approximate surface area is 231 Å². The number of rotatable bonds is 9. The number of aryl methyl sites for hydroxylation is 1. The Kier molecular flexibility index (Phi) is 8.25. The van der Waals surface area contributed by atoms with Crippen molar-refractivity contribution in [1.29, 1.82) is 0 Å². The average molecular weight is 553 g/mol. The second kappa shape index (κ2) is 11.8. The van der Waals surface area contributed by atoms with Crippen LogP contribution in [0.1, 0.15) is 41.0 Å². The number of halogens is 1. The van der Waals surface area contributed by atoms with Crippen molar-refractivity contribution in [1.82, 2.24) is 0 Å². The highest BCUT2D eigenvalue weighted by atomic mass is 19.1. The van der Waals surface area contributed by atoms with Gasteiger partial charge in [0.15, 0.2) is 11.6 Å². The molecule has 3 N–H and O–H groups in total. The SMILES string of the molecule is Cc1cc(OC[C@@H]2C[C@H](O)[C@H](O)CO2)c(F)c(C)c1-c1cccc(COc2ccc3c(c2)OC[C@H]3CC(=O)O)c1. The van der Waals surface area contributed by atoms with E-state index in [1.54, 1.807) is 19.1 Å². The molecule has 0 unspecified atom stereocenters. The minimum absolute atomic E-state index is 0.0161. The van der Waals surface area contributed by atoms with E-state index in [4.69, 9.17) is 24.1 Å². The standard InChI is InChI=1S/C31H33FO8/c1-17-8-28(40-15-23-11-25(33)26(34)16-38-23)31(32)18(2)30(17)20-5-3-4-19(9-20)13-37-22-6-7-24-21(10-29(35)36)14-39-27(24)12-22/h3-9,12,21,23,25-26,33-34H,10-11,13-16H2,1-2H3,(H,35,36)/t21-,23+,25+,26-/m1/s1. The minimum atomic E-state index is -0.918. The molecule has 2 heterocycles.